The number of hydrogen-bond donors (Lipinski definition) is 1. The topological polar surface area (TPSA) is 87.2 Å². The Labute approximate surface area is 164 Å². The maximum Gasteiger partial charge on any atom is 0.243 e. The second-order valence-corrected chi connectivity index (χ2v) is 8.43. The average Bonchev–Trinajstić information content (AvgIpc) is 3.07. The predicted octanol–water partition coefficient (Wildman–Crippen LogP) is 3.00. The molecule has 3 rings (SSSR count). The molecule has 1 saturated heterocycles. The van der Waals surface area contributed by atoms with Gasteiger partial charge in [-0.3, -0.25) is 0 Å². The summed E-state index contributed by atoms with van der Waals surface area (Å²) in [6.07, 6.45) is 0. The molecular formula is C18H19Cl2N3O2S. The van der Waals surface area contributed by atoms with Crippen LogP contribution in [-0.4, -0.2) is 32.4 Å². The zero-order chi connectivity index (χ0) is 18.0. The number of nitriles is 1. The van der Waals surface area contributed by atoms with Crippen LogP contribution in [0.25, 0.3) is 0 Å². The summed E-state index contributed by atoms with van der Waals surface area (Å²) < 4.78 is 27.4. The minimum Gasteiger partial charge on any atom is -0.330 e. The molecule has 8 heteroatoms. The van der Waals surface area contributed by atoms with Crippen LogP contribution >= 0.6 is 24.0 Å². The molecule has 1 aliphatic heterocycles. The van der Waals surface area contributed by atoms with Gasteiger partial charge >= 0.3 is 0 Å². The fourth-order valence-corrected chi connectivity index (χ4v) is 5.08. The lowest BCUT2D eigenvalue weighted by atomic mass is 9.89. The first kappa shape index (κ1) is 20.7. The molecule has 0 amide bonds. The lowest BCUT2D eigenvalue weighted by Gasteiger charge is -2.17. The average molecular weight is 412 g/mol. The largest absolute Gasteiger partial charge is 0.330 e. The zero-order valence-corrected chi connectivity index (χ0v) is 16.3. The molecule has 26 heavy (non-hydrogen) atoms. The third-order valence-corrected chi connectivity index (χ3v) is 6.78. The monoisotopic (exact) mass is 411 g/mol. The summed E-state index contributed by atoms with van der Waals surface area (Å²) in [5.74, 6) is 0.126. The molecule has 0 aromatic heterocycles. The van der Waals surface area contributed by atoms with Gasteiger partial charge in [-0.15, -0.1) is 12.4 Å². The summed E-state index contributed by atoms with van der Waals surface area (Å²) in [5.41, 5.74) is 7.23. The van der Waals surface area contributed by atoms with Gasteiger partial charge in [0.1, 0.15) is 6.07 Å². The molecule has 2 atom stereocenters. The number of rotatable bonds is 4. The van der Waals surface area contributed by atoms with E-state index in [1.54, 1.807) is 0 Å². The lowest BCUT2D eigenvalue weighted by molar-refractivity contribution is 0.459. The van der Waals surface area contributed by atoms with E-state index in [0.717, 1.165) is 5.56 Å². The van der Waals surface area contributed by atoms with Crippen LogP contribution in [0.4, 0.5) is 0 Å². The van der Waals surface area contributed by atoms with Crippen LogP contribution in [0.2, 0.25) is 5.02 Å². The Morgan fingerprint density at radius 1 is 1.19 bits per heavy atom. The highest BCUT2D eigenvalue weighted by Gasteiger charge is 2.39. The van der Waals surface area contributed by atoms with Crippen LogP contribution in [0, 0.1) is 17.2 Å². The van der Waals surface area contributed by atoms with Crippen LogP contribution in [0.15, 0.2) is 53.4 Å². The summed E-state index contributed by atoms with van der Waals surface area (Å²) in [7, 11) is -3.69. The molecule has 2 aromatic carbocycles. The van der Waals surface area contributed by atoms with E-state index in [2.05, 4.69) is 0 Å². The molecule has 0 saturated carbocycles. The van der Waals surface area contributed by atoms with Gasteiger partial charge in [-0.05, 0) is 36.2 Å². The summed E-state index contributed by atoms with van der Waals surface area (Å²) in [5, 5.41) is 9.08. The minimum absolute atomic E-state index is 0. The standard InChI is InChI=1S/C18H18ClN3O2S.ClH/c19-18-8-16(7-6-14(18)9-20)25(23,24)22-11-15(10-21)17(12-22)13-4-2-1-3-5-13;/h1-8,15,17H,10-12,21H2;1H/t15-,17+;/m1./s1. The number of benzene rings is 2. The van der Waals surface area contributed by atoms with E-state index in [1.807, 2.05) is 36.4 Å². The van der Waals surface area contributed by atoms with Crippen molar-refractivity contribution in [3.8, 4) is 6.07 Å². The Morgan fingerprint density at radius 2 is 1.88 bits per heavy atom. The van der Waals surface area contributed by atoms with Crippen molar-refractivity contribution in [1.82, 2.24) is 4.31 Å². The van der Waals surface area contributed by atoms with Crippen LogP contribution in [0.1, 0.15) is 17.0 Å². The quantitative estimate of drug-likeness (QED) is 0.837. The van der Waals surface area contributed by atoms with Crippen LogP contribution < -0.4 is 5.73 Å². The van der Waals surface area contributed by atoms with Crippen LogP contribution in [0.3, 0.4) is 0 Å². The highest BCUT2D eigenvalue weighted by molar-refractivity contribution is 7.89. The zero-order valence-electron chi connectivity index (χ0n) is 13.9. The molecule has 0 spiro atoms. The van der Waals surface area contributed by atoms with Crippen molar-refractivity contribution in [1.29, 1.82) is 5.26 Å². The first-order valence-electron chi connectivity index (χ1n) is 7.92. The Morgan fingerprint density at radius 3 is 2.46 bits per heavy atom. The smallest absolute Gasteiger partial charge is 0.243 e. The van der Waals surface area contributed by atoms with Crippen molar-refractivity contribution in [2.75, 3.05) is 19.6 Å². The fraction of sp³-hybridized carbons (Fsp3) is 0.278. The van der Waals surface area contributed by atoms with Gasteiger partial charge in [0.15, 0.2) is 0 Å². The molecule has 1 heterocycles. The molecule has 0 bridgehead atoms. The highest BCUT2D eigenvalue weighted by atomic mass is 35.5. The molecule has 0 aliphatic carbocycles. The van der Waals surface area contributed by atoms with E-state index in [4.69, 9.17) is 22.6 Å². The van der Waals surface area contributed by atoms with Gasteiger partial charge in [0, 0.05) is 19.0 Å². The van der Waals surface area contributed by atoms with E-state index < -0.39 is 10.0 Å². The molecule has 1 aliphatic rings. The predicted molar refractivity (Wildman–Crippen MR) is 104 cm³/mol. The van der Waals surface area contributed by atoms with Crippen molar-refractivity contribution in [2.45, 2.75) is 10.8 Å². The van der Waals surface area contributed by atoms with E-state index >= 15 is 0 Å². The fourth-order valence-electron chi connectivity index (χ4n) is 3.24. The number of sulfonamides is 1. The summed E-state index contributed by atoms with van der Waals surface area (Å²) in [6, 6.07) is 15.9. The highest BCUT2D eigenvalue weighted by Crippen LogP contribution is 2.35. The number of nitrogens with zero attached hydrogens (tertiary/aromatic N) is 2. The molecule has 0 unspecified atom stereocenters. The second kappa shape index (κ2) is 8.38. The second-order valence-electron chi connectivity index (χ2n) is 6.09. The van der Waals surface area contributed by atoms with E-state index in [0.29, 0.717) is 19.6 Å². The maximum atomic E-state index is 13.0. The molecule has 2 aromatic rings. The number of hydrogen-bond acceptors (Lipinski definition) is 4. The molecule has 5 nitrogen and oxygen atoms in total. The van der Waals surface area contributed by atoms with Gasteiger partial charge in [-0.2, -0.15) is 9.57 Å². The third kappa shape index (κ3) is 3.88. The van der Waals surface area contributed by atoms with Crippen molar-refractivity contribution >= 4 is 34.0 Å². The van der Waals surface area contributed by atoms with Gasteiger partial charge in [-0.25, -0.2) is 8.42 Å². The summed E-state index contributed by atoms with van der Waals surface area (Å²) in [6.45, 7) is 1.17. The van der Waals surface area contributed by atoms with Gasteiger partial charge in [0.25, 0.3) is 0 Å². The van der Waals surface area contributed by atoms with Crippen molar-refractivity contribution in [3.63, 3.8) is 0 Å². The van der Waals surface area contributed by atoms with Gasteiger partial charge in [-0.1, -0.05) is 41.9 Å². The molecular weight excluding hydrogens is 393 g/mol. The van der Waals surface area contributed by atoms with Crippen molar-refractivity contribution < 1.29 is 8.42 Å². The van der Waals surface area contributed by atoms with Gasteiger partial charge < -0.3 is 5.73 Å². The molecule has 138 valence electrons. The first-order chi connectivity index (χ1) is 12.0. The van der Waals surface area contributed by atoms with Gasteiger partial charge in [0.05, 0.1) is 15.5 Å². The van der Waals surface area contributed by atoms with Gasteiger partial charge in [0.2, 0.25) is 10.0 Å². The SMILES string of the molecule is Cl.N#Cc1ccc(S(=O)(=O)N2C[C@@H](CN)[C@H](c3ccccc3)C2)cc1Cl. The van der Waals surface area contributed by atoms with E-state index in [1.165, 1.54) is 22.5 Å². The molecule has 2 N–H and O–H groups in total. The van der Waals surface area contributed by atoms with E-state index in [-0.39, 0.29) is 39.7 Å². The molecule has 1 fully saturated rings. The Balaban J connectivity index is 0.00000243. The lowest BCUT2D eigenvalue weighted by Crippen LogP contribution is -2.30. The normalized spacial score (nSPS) is 20.3. The maximum absolute atomic E-state index is 13.0. The summed E-state index contributed by atoms with van der Waals surface area (Å²) >= 11 is 6.00. The van der Waals surface area contributed by atoms with E-state index in [9.17, 15) is 8.42 Å². The summed E-state index contributed by atoms with van der Waals surface area (Å²) in [4.78, 5) is 0.0981. The Bertz CT molecular complexity index is 914. The number of halogens is 2. The van der Waals surface area contributed by atoms with Crippen LogP contribution in [0.5, 0.6) is 0 Å². The van der Waals surface area contributed by atoms with Crippen molar-refractivity contribution in [2.24, 2.45) is 11.7 Å². The first-order valence-corrected chi connectivity index (χ1v) is 9.74. The Kier molecular flexibility index (Phi) is 6.67. The van der Waals surface area contributed by atoms with Crippen LogP contribution in [-0.2, 0) is 10.0 Å². The Hall–Kier alpha value is -1.62. The minimum atomic E-state index is -3.69. The molecule has 0 radical (unpaired) electrons. The third-order valence-electron chi connectivity index (χ3n) is 4.64. The van der Waals surface area contributed by atoms with Crippen molar-refractivity contribution in [3.05, 3.63) is 64.7 Å². The number of nitrogens with two attached hydrogens (primary N) is 1.